The minimum atomic E-state index is -0.406. The SMILES string of the molecule is COc1cc(N(C)CCN(C)C)c([N+](=O)[O-])cc1Nc1ncc(Cl)c(-c2cn(C)c3ccccc23)n1. The molecule has 0 aliphatic carbocycles. The number of nitrogens with one attached hydrogen (secondary N) is 1. The van der Waals surface area contributed by atoms with Gasteiger partial charge in [-0.25, -0.2) is 9.97 Å². The lowest BCUT2D eigenvalue weighted by atomic mass is 10.1. The normalized spacial score (nSPS) is 11.2. The number of nitro groups is 1. The van der Waals surface area contributed by atoms with Crippen LogP contribution in [0.1, 0.15) is 0 Å². The van der Waals surface area contributed by atoms with Gasteiger partial charge in [0.25, 0.3) is 5.69 Å². The van der Waals surface area contributed by atoms with Crippen LogP contribution in [0.15, 0.2) is 48.8 Å². The Bertz CT molecular complexity index is 1420. The third kappa shape index (κ3) is 5.05. The number of rotatable bonds is 9. The molecule has 0 amide bonds. The number of aromatic nitrogens is 3. The van der Waals surface area contributed by atoms with E-state index in [1.54, 1.807) is 6.07 Å². The molecule has 0 spiro atoms. The molecule has 2 heterocycles. The fourth-order valence-corrected chi connectivity index (χ4v) is 4.21. The highest BCUT2D eigenvalue weighted by Crippen LogP contribution is 2.39. The largest absolute Gasteiger partial charge is 0.494 e. The summed E-state index contributed by atoms with van der Waals surface area (Å²) in [5.41, 5.74) is 3.24. The fraction of sp³-hybridized carbons (Fsp3) is 0.280. The quantitative estimate of drug-likeness (QED) is 0.250. The number of nitrogens with zero attached hydrogens (tertiary/aromatic N) is 6. The zero-order chi connectivity index (χ0) is 26.0. The molecule has 0 saturated heterocycles. The second-order valence-corrected chi connectivity index (χ2v) is 9.12. The number of ether oxygens (including phenoxy) is 1. The summed E-state index contributed by atoms with van der Waals surface area (Å²) in [4.78, 5) is 24.3. The number of nitro benzene ring substituents is 1. The maximum absolute atomic E-state index is 11.9. The molecule has 2 aromatic heterocycles. The molecule has 4 aromatic rings. The number of likely N-dealkylation sites (N-methyl/N-ethyl adjacent to an activating group) is 2. The van der Waals surface area contributed by atoms with E-state index < -0.39 is 4.92 Å². The summed E-state index contributed by atoms with van der Waals surface area (Å²) in [5, 5.41) is 16.4. The van der Waals surface area contributed by atoms with Crippen LogP contribution in [-0.2, 0) is 7.05 Å². The number of benzene rings is 2. The molecule has 11 heteroatoms. The van der Waals surface area contributed by atoms with Gasteiger partial charge < -0.3 is 24.4 Å². The molecule has 1 N–H and O–H groups in total. The maximum Gasteiger partial charge on any atom is 0.294 e. The van der Waals surface area contributed by atoms with Crippen molar-refractivity contribution >= 4 is 45.5 Å². The van der Waals surface area contributed by atoms with Crippen molar-refractivity contribution in [2.45, 2.75) is 0 Å². The molecular formula is C25H28ClN7O3. The lowest BCUT2D eigenvalue weighted by Gasteiger charge is -2.22. The monoisotopic (exact) mass is 509 g/mol. The predicted molar refractivity (Wildman–Crippen MR) is 144 cm³/mol. The first kappa shape index (κ1) is 25.2. The number of aryl methyl sites for hydroxylation is 1. The Morgan fingerprint density at radius 3 is 2.64 bits per heavy atom. The Morgan fingerprint density at radius 2 is 1.94 bits per heavy atom. The number of para-hydroxylation sites is 1. The first-order valence-electron chi connectivity index (χ1n) is 11.3. The van der Waals surface area contributed by atoms with Crippen molar-refractivity contribution in [3.05, 3.63) is 63.9 Å². The minimum absolute atomic E-state index is 0.0530. The number of halogens is 1. The summed E-state index contributed by atoms with van der Waals surface area (Å²) in [6.07, 6.45) is 3.48. The highest BCUT2D eigenvalue weighted by molar-refractivity contribution is 6.33. The van der Waals surface area contributed by atoms with Crippen LogP contribution in [0.5, 0.6) is 5.75 Å². The van der Waals surface area contributed by atoms with Crippen LogP contribution in [-0.4, -0.2) is 65.7 Å². The zero-order valence-corrected chi connectivity index (χ0v) is 21.6. The van der Waals surface area contributed by atoms with Crippen LogP contribution in [0.4, 0.5) is 23.0 Å². The summed E-state index contributed by atoms with van der Waals surface area (Å²) in [5.74, 6) is 0.668. The third-order valence-electron chi connectivity index (χ3n) is 5.93. The van der Waals surface area contributed by atoms with E-state index in [0.717, 1.165) is 23.0 Å². The molecule has 0 atom stereocenters. The molecule has 36 heavy (non-hydrogen) atoms. The molecule has 0 radical (unpaired) electrons. The fourth-order valence-electron chi connectivity index (χ4n) is 4.01. The van der Waals surface area contributed by atoms with Gasteiger partial charge in [0.05, 0.1) is 34.6 Å². The minimum Gasteiger partial charge on any atom is -0.494 e. The van der Waals surface area contributed by atoms with Crippen LogP contribution in [0.3, 0.4) is 0 Å². The number of anilines is 3. The Balaban J connectivity index is 1.73. The average molecular weight is 510 g/mol. The summed E-state index contributed by atoms with van der Waals surface area (Å²) in [6, 6.07) is 11.1. The molecule has 2 aromatic carbocycles. The van der Waals surface area contributed by atoms with Crippen LogP contribution in [0.25, 0.3) is 22.2 Å². The summed E-state index contributed by atoms with van der Waals surface area (Å²) >= 11 is 6.49. The molecule has 10 nitrogen and oxygen atoms in total. The first-order chi connectivity index (χ1) is 17.2. The number of hydrogen-bond donors (Lipinski definition) is 1. The molecule has 0 saturated carbocycles. The number of fused-ring (bicyclic) bond motifs is 1. The predicted octanol–water partition coefficient (Wildman–Crippen LogP) is 4.95. The maximum atomic E-state index is 11.9. The highest BCUT2D eigenvalue weighted by Gasteiger charge is 2.23. The summed E-state index contributed by atoms with van der Waals surface area (Å²) in [7, 11) is 9.20. The topological polar surface area (TPSA) is 102 Å². The lowest BCUT2D eigenvalue weighted by molar-refractivity contribution is -0.384. The first-order valence-corrected chi connectivity index (χ1v) is 11.6. The average Bonchev–Trinajstić information content (AvgIpc) is 3.19. The van der Waals surface area contributed by atoms with Crippen molar-refractivity contribution in [2.75, 3.05) is 51.6 Å². The van der Waals surface area contributed by atoms with Crippen molar-refractivity contribution in [3.8, 4) is 17.0 Å². The van der Waals surface area contributed by atoms with Gasteiger partial charge in [-0.3, -0.25) is 10.1 Å². The number of hydrogen-bond acceptors (Lipinski definition) is 8. The summed E-state index contributed by atoms with van der Waals surface area (Å²) < 4.78 is 7.57. The van der Waals surface area contributed by atoms with E-state index in [-0.39, 0.29) is 11.6 Å². The standard InChI is InChI=1S/C25H28ClN7O3/c1-30(2)10-11-31(3)21-13-23(36-5)19(12-22(21)33(34)35)28-25-27-14-18(26)24(29-25)17-15-32(4)20-9-7-6-8-16(17)20/h6-9,12-15H,10-11H2,1-5H3,(H,27,28,29). The summed E-state index contributed by atoms with van der Waals surface area (Å²) in [6.45, 7) is 1.35. The van der Waals surface area contributed by atoms with Crippen LogP contribution < -0.4 is 15.0 Å². The van der Waals surface area contributed by atoms with Crippen molar-refractivity contribution in [2.24, 2.45) is 7.05 Å². The van der Waals surface area contributed by atoms with Gasteiger partial charge in [-0.05, 0) is 20.2 Å². The molecule has 188 valence electrons. The molecular weight excluding hydrogens is 482 g/mol. The van der Waals surface area contributed by atoms with Crippen LogP contribution >= 0.6 is 11.6 Å². The Labute approximate surface area is 214 Å². The van der Waals surface area contributed by atoms with E-state index in [0.29, 0.717) is 34.4 Å². The van der Waals surface area contributed by atoms with Gasteiger partial charge in [-0.15, -0.1) is 0 Å². The van der Waals surface area contributed by atoms with E-state index in [9.17, 15) is 10.1 Å². The Kier molecular flexibility index (Phi) is 7.27. The van der Waals surface area contributed by atoms with E-state index in [2.05, 4.69) is 15.3 Å². The van der Waals surface area contributed by atoms with Gasteiger partial charge in [-0.2, -0.15) is 0 Å². The molecule has 0 aliphatic heterocycles. The second kappa shape index (κ2) is 10.4. The van der Waals surface area contributed by atoms with Crippen LogP contribution in [0.2, 0.25) is 5.02 Å². The van der Waals surface area contributed by atoms with Gasteiger partial charge in [-0.1, -0.05) is 29.8 Å². The third-order valence-corrected chi connectivity index (χ3v) is 6.21. The van der Waals surface area contributed by atoms with Crippen molar-refractivity contribution in [1.29, 1.82) is 0 Å². The molecule has 0 fully saturated rings. The molecule has 0 aliphatic rings. The van der Waals surface area contributed by atoms with E-state index in [1.807, 2.05) is 73.0 Å². The van der Waals surface area contributed by atoms with Crippen molar-refractivity contribution in [1.82, 2.24) is 19.4 Å². The van der Waals surface area contributed by atoms with Crippen molar-refractivity contribution in [3.63, 3.8) is 0 Å². The lowest BCUT2D eigenvalue weighted by Crippen LogP contribution is -2.28. The Morgan fingerprint density at radius 1 is 1.19 bits per heavy atom. The highest BCUT2D eigenvalue weighted by atomic mass is 35.5. The van der Waals surface area contributed by atoms with Gasteiger partial charge in [0.2, 0.25) is 5.95 Å². The van der Waals surface area contributed by atoms with E-state index >= 15 is 0 Å². The second-order valence-electron chi connectivity index (χ2n) is 8.71. The van der Waals surface area contributed by atoms with Crippen LogP contribution in [0, 0.1) is 10.1 Å². The van der Waals surface area contributed by atoms with E-state index in [4.69, 9.17) is 16.3 Å². The van der Waals surface area contributed by atoms with Crippen molar-refractivity contribution < 1.29 is 9.66 Å². The molecule has 0 bridgehead atoms. The smallest absolute Gasteiger partial charge is 0.294 e. The van der Waals surface area contributed by atoms with Gasteiger partial charge >= 0.3 is 0 Å². The number of methoxy groups -OCH3 is 1. The molecule has 4 rings (SSSR count). The van der Waals surface area contributed by atoms with Gasteiger partial charge in [0.1, 0.15) is 11.4 Å². The Hall–Kier alpha value is -3.89. The molecule has 0 unspecified atom stereocenters. The van der Waals surface area contributed by atoms with Gasteiger partial charge in [0, 0.05) is 62.0 Å². The zero-order valence-electron chi connectivity index (χ0n) is 20.8. The van der Waals surface area contributed by atoms with E-state index in [1.165, 1.54) is 19.4 Å². The van der Waals surface area contributed by atoms with Gasteiger partial charge in [0.15, 0.2) is 0 Å².